The predicted molar refractivity (Wildman–Crippen MR) is 101 cm³/mol. The first kappa shape index (κ1) is 25.0. The summed E-state index contributed by atoms with van der Waals surface area (Å²) in [5.41, 5.74) is 10.3. The zero-order valence-electron chi connectivity index (χ0n) is 16.4. The van der Waals surface area contributed by atoms with Crippen LogP contribution in [0.4, 0.5) is 0 Å². The van der Waals surface area contributed by atoms with Gasteiger partial charge >= 0.3 is 11.9 Å². The number of rotatable bonds is 16. The maximum Gasteiger partial charge on any atom is 0.330 e. The molecule has 156 valence electrons. The zero-order valence-corrected chi connectivity index (χ0v) is 16.4. The molecule has 0 rings (SSSR count). The van der Waals surface area contributed by atoms with Gasteiger partial charge in [0.1, 0.15) is 12.1 Å². The Bertz CT molecular complexity index is 442. The molecule has 0 aromatic rings. The summed E-state index contributed by atoms with van der Waals surface area (Å²) in [6.07, 6.45) is 3.86. The first-order chi connectivity index (χ1) is 12.8. The Hall–Kier alpha value is -2.00. The molecule has 27 heavy (non-hydrogen) atoms. The molecule has 0 aromatic carbocycles. The van der Waals surface area contributed by atoms with Crippen molar-refractivity contribution in [2.45, 2.75) is 77.3 Å². The minimum Gasteiger partial charge on any atom is -0.391 e. The molecule has 0 saturated carbocycles. The van der Waals surface area contributed by atoms with E-state index in [1.54, 1.807) is 0 Å². The molecule has 0 aliphatic heterocycles. The van der Waals surface area contributed by atoms with Gasteiger partial charge in [0.2, 0.25) is 11.8 Å². The van der Waals surface area contributed by atoms with Crippen LogP contribution in [0.3, 0.4) is 0 Å². The Morgan fingerprint density at radius 3 is 1.44 bits per heavy atom. The number of ether oxygens (including phenoxy) is 1. The molecule has 0 aliphatic rings. The fourth-order valence-corrected chi connectivity index (χ4v) is 2.33. The molecule has 6 N–H and O–H groups in total. The highest BCUT2D eigenvalue weighted by Gasteiger charge is 2.27. The fourth-order valence-electron chi connectivity index (χ4n) is 2.33. The molecule has 0 aliphatic carbocycles. The number of primary amides is 2. The number of unbranched alkanes of at least 4 members (excludes halogenated alkanes) is 2. The van der Waals surface area contributed by atoms with E-state index in [4.69, 9.17) is 16.2 Å². The van der Waals surface area contributed by atoms with Crippen molar-refractivity contribution in [1.82, 2.24) is 10.6 Å². The molecular weight excluding hydrogens is 352 g/mol. The van der Waals surface area contributed by atoms with Gasteiger partial charge in [-0.2, -0.15) is 0 Å². The van der Waals surface area contributed by atoms with Crippen molar-refractivity contribution in [1.29, 1.82) is 0 Å². The van der Waals surface area contributed by atoms with Gasteiger partial charge in [-0.3, -0.25) is 9.59 Å². The first-order valence-corrected chi connectivity index (χ1v) is 9.60. The molecule has 9 nitrogen and oxygen atoms in total. The van der Waals surface area contributed by atoms with Gasteiger partial charge in [-0.1, -0.05) is 26.7 Å². The fraction of sp³-hybridized carbons (Fsp3) is 0.778. The Kier molecular flexibility index (Phi) is 14.0. The molecule has 0 saturated heterocycles. The summed E-state index contributed by atoms with van der Waals surface area (Å²) in [6, 6.07) is -1.58. The van der Waals surface area contributed by atoms with Crippen LogP contribution in [0.25, 0.3) is 0 Å². The van der Waals surface area contributed by atoms with Crippen LogP contribution in [-0.4, -0.2) is 48.9 Å². The minimum absolute atomic E-state index is 0.00688. The molecule has 0 fully saturated rings. The van der Waals surface area contributed by atoms with Gasteiger partial charge in [-0.25, -0.2) is 9.59 Å². The second kappa shape index (κ2) is 15.1. The standard InChI is InChI=1S/C18H34N4O5/c1-3-5-11-21-13(7-9-15(19)23)17(25)27-18(26)14(8-10-16(20)24)22-12-6-4-2/h13-14,21-22H,3-12H2,1-2H3,(H2,19,23)(H2,20,24)/t13-,14-/m0/s1. The number of nitrogens with one attached hydrogen (secondary N) is 2. The summed E-state index contributed by atoms with van der Waals surface area (Å²) in [4.78, 5) is 46.7. The molecule has 0 radical (unpaired) electrons. The predicted octanol–water partition coefficient (Wildman–Crippen LogP) is 0.104. The third kappa shape index (κ3) is 12.9. The molecule has 0 heterocycles. The van der Waals surface area contributed by atoms with Crippen LogP contribution in [-0.2, 0) is 23.9 Å². The maximum absolute atomic E-state index is 12.4. The Balaban J connectivity index is 4.83. The molecule has 0 bridgehead atoms. The second-order valence-electron chi connectivity index (χ2n) is 6.47. The molecule has 0 unspecified atom stereocenters. The SMILES string of the molecule is CCCCN[C@@H](CCC(N)=O)C(=O)OC(=O)[C@H](CCC(N)=O)NCCCC. The zero-order chi connectivity index (χ0) is 20.7. The summed E-state index contributed by atoms with van der Waals surface area (Å²) in [5.74, 6) is -2.56. The number of hydrogen-bond acceptors (Lipinski definition) is 7. The van der Waals surface area contributed by atoms with E-state index in [9.17, 15) is 19.2 Å². The van der Waals surface area contributed by atoms with Crippen molar-refractivity contribution in [3.63, 3.8) is 0 Å². The van der Waals surface area contributed by atoms with E-state index in [0.29, 0.717) is 13.1 Å². The second-order valence-corrected chi connectivity index (χ2v) is 6.47. The van der Waals surface area contributed by atoms with Gasteiger partial charge in [0.05, 0.1) is 0 Å². The largest absolute Gasteiger partial charge is 0.391 e. The van der Waals surface area contributed by atoms with Gasteiger partial charge in [0.25, 0.3) is 0 Å². The van der Waals surface area contributed by atoms with Crippen molar-refractivity contribution in [2.75, 3.05) is 13.1 Å². The lowest BCUT2D eigenvalue weighted by atomic mass is 10.1. The summed E-state index contributed by atoms with van der Waals surface area (Å²) >= 11 is 0. The summed E-state index contributed by atoms with van der Waals surface area (Å²) in [5, 5.41) is 5.99. The van der Waals surface area contributed by atoms with Crippen LogP contribution < -0.4 is 22.1 Å². The molecule has 2 amide bonds. The first-order valence-electron chi connectivity index (χ1n) is 9.60. The van der Waals surface area contributed by atoms with E-state index in [1.807, 2.05) is 13.8 Å². The normalized spacial score (nSPS) is 13.0. The summed E-state index contributed by atoms with van der Waals surface area (Å²) in [7, 11) is 0. The Labute approximate surface area is 160 Å². The van der Waals surface area contributed by atoms with Crippen LogP contribution in [0.1, 0.15) is 65.2 Å². The summed E-state index contributed by atoms with van der Waals surface area (Å²) in [6.45, 7) is 5.13. The van der Waals surface area contributed by atoms with Gasteiger partial charge in [0.15, 0.2) is 0 Å². The smallest absolute Gasteiger partial charge is 0.330 e. The van der Waals surface area contributed by atoms with Gasteiger partial charge in [-0.15, -0.1) is 0 Å². The molecule has 9 heteroatoms. The van der Waals surface area contributed by atoms with Gasteiger partial charge in [-0.05, 0) is 38.8 Å². The van der Waals surface area contributed by atoms with Gasteiger partial charge < -0.3 is 26.8 Å². The Morgan fingerprint density at radius 2 is 1.15 bits per heavy atom. The Morgan fingerprint density at radius 1 is 0.778 bits per heavy atom. The van der Waals surface area contributed by atoms with Crippen molar-refractivity contribution < 1.29 is 23.9 Å². The van der Waals surface area contributed by atoms with Crippen LogP contribution in [0.5, 0.6) is 0 Å². The highest BCUT2D eigenvalue weighted by molar-refractivity contribution is 5.91. The van der Waals surface area contributed by atoms with E-state index in [0.717, 1.165) is 25.7 Å². The monoisotopic (exact) mass is 386 g/mol. The van der Waals surface area contributed by atoms with Crippen LogP contribution in [0.15, 0.2) is 0 Å². The number of esters is 2. The number of hydrogen-bond donors (Lipinski definition) is 4. The lowest BCUT2D eigenvalue weighted by Crippen LogP contribution is -2.45. The lowest BCUT2D eigenvalue weighted by Gasteiger charge is -2.20. The maximum atomic E-state index is 12.4. The lowest BCUT2D eigenvalue weighted by molar-refractivity contribution is -0.162. The molecule has 0 spiro atoms. The van der Waals surface area contributed by atoms with E-state index in [2.05, 4.69) is 10.6 Å². The van der Waals surface area contributed by atoms with E-state index >= 15 is 0 Å². The highest BCUT2D eigenvalue weighted by atomic mass is 16.6. The van der Waals surface area contributed by atoms with E-state index in [-0.39, 0.29) is 25.7 Å². The third-order valence-electron chi connectivity index (χ3n) is 3.97. The van der Waals surface area contributed by atoms with Crippen molar-refractivity contribution in [2.24, 2.45) is 11.5 Å². The average molecular weight is 386 g/mol. The van der Waals surface area contributed by atoms with Crippen LogP contribution >= 0.6 is 0 Å². The quantitative estimate of drug-likeness (QED) is 0.167. The van der Waals surface area contributed by atoms with E-state index in [1.165, 1.54) is 0 Å². The molecule has 0 aromatic heterocycles. The highest BCUT2D eigenvalue weighted by Crippen LogP contribution is 2.06. The molecule has 2 atom stereocenters. The number of nitrogens with two attached hydrogens (primary N) is 2. The van der Waals surface area contributed by atoms with Crippen molar-refractivity contribution in [3.05, 3.63) is 0 Å². The number of carbonyl (C=O) groups excluding carboxylic acids is 4. The van der Waals surface area contributed by atoms with Gasteiger partial charge in [0, 0.05) is 12.8 Å². The van der Waals surface area contributed by atoms with Crippen molar-refractivity contribution >= 4 is 23.8 Å². The molecular formula is C18H34N4O5. The average Bonchev–Trinajstić information content (AvgIpc) is 2.60. The van der Waals surface area contributed by atoms with Crippen LogP contribution in [0.2, 0.25) is 0 Å². The van der Waals surface area contributed by atoms with Crippen LogP contribution in [0, 0.1) is 0 Å². The summed E-state index contributed by atoms with van der Waals surface area (Å²) < 4.78 is 4.99. The van der Waals surface area contributed by atoms with Crippen molar-refractivity contribution in [3.8, 4) is 0 Å². The van der Waals surface area contributed by atoms with E-state index < -0.39 is 35.8 Å². The minimum atomic E-state index is -0.791. The topological polar surface area (TPSA) is 154 Å². The number of amides is 2. The third-order valence-corrected chi connectivity index (χ3v) is 3.97. The number of carbonyl (C=O) groups is 4.